The third kappa shape index (κ3) is 3.55. The lowest BCUT2D eigenvalue weighted by molar-refractivity contribution is 0.102. The number of nitrogens with zero attached hydrogens (tertiary/aromatic N) is 5. The maximum Gasteiger partial charge on any atom is 0.257 e. The lowest BCUT2D eigenvalue weighted by atomic mass is 10.1. The molecule has 1 aliphatic rings. The van der Waals surface area contributed by atoms with Crippen molar-refractivity contribution in [2.24, 2.45) is 0 Å². The lowest BCUT2D eigenvalue weighted by Gasteiger charge is -2.19. The molecule has 0 spiro atoms. The van der Waals surface area contributed by atoms with Crippen molar-refractivity contribution in [3.63, 3.8) is 0 Å². The average molecular weight is 364 g/mol. The molecule has 7 nitrogen and oxygen atoms in total. The van der Waals surface area contributed by atoms with Crippen LogP contribution in [0.1, 0.15) is 48.1 Å². The first-order valence-electron chi connectivity index (χ1n) is 9.34. The van der Waals surface area contributed by atoms with Gasteiger partial charge in [0.05, 0.1) is 17.4 Å². The second-order valence-electron chi connectivity index (χ2n) is 7.42. The molecule has 0 aromatic carbocycles. The molecule has 0 radical (unpaired) electrons. The number of amides is 1. The van der Waals surface area contributed by atoms with E-state index in [0.717, 1.165) is 36.7 Å². The number of likely N-dealkylation sites (tertiary alicyclic amines) is 1. The normalized spacial score (nSPS) is 17.7. The number of hydrogen-bond acceptors (Lipinski definition) is 5. The highest BCUT2D eigenvalue weighted by Gasteiger charge is 2.29. The summed E-state index contributed by atoms with van der Waals surface area (Å²) in [5, 5.41) is 11.6. The van der Waals surface area contributed by atoms with Crippen molar-refractivity contribution in [2.45, 2.75) is 39.2 Å². The number of hydrogen-bond donors (Lipinski definition) is 1. The van der Waals surface area contributed by atoms with Crippen LogP contribution in [0.4, 0.5) is 5.69 Å². The summed E-state index contributed by atoms with van der Waals surface area (Å²) < 4.78 is 1.96. The molecule has 0 saturated carbocycles. The molecule has 1 fully saturated rings. The monoisotopic (exact) mass is 364 g/mol. The highest BCUT2D eigenvalue weighted by Crippen LogP contribution is 2.27. The number of aromatic nitrogens is 4. The van der Waals surface area contributed by atoms with E-state index in [0.29, 0.717) is 23.2 Å². The van der Waals surface area contributed by atoms with Crippen LogP contribution in [0, 0.1) is 6.92 Å². The first-order chi connectivity index (χ1) is 13.0. The van der Waals surface area contributed by atoms with Crippen molar-refractivity contribution >= 4 is 17.2 Å². The third-order valence-corrected chi connectivity index (χ3v) is 5.18. The minimum Gasteiger partial charge on any atom is -0.321 e. The van der Waals surface area contributed by atoms with Crippen molar-refractivity contribution < 1.29 is 4.79 Å². The van der Waals surface area contributed by atoms with Gasteiger partial charge >= 0.3 is 0 Å². The van der Waals surface area contributed by atoms with E-state index >= 15 is 0 Å². The number of pyridine rings is 2. The van der Waals surface area contributed by atoms with Crippen LogP contribution in [0.15, 0.2) is 36.7 Å². The van der Waals surface area contributed by atoms with Gasteiger partial charge in [-0.25, -0.2) is 0 Å². The van der Waals surface area contributed by atoms with E-state index in [9.17, 15) is 4.79 Å². The van der Waals surface area contributed by atoms with Gasteiger partial charge in [0.25, 0.3) is 5.91 Å². The van der Waals surface area contributed by atoms with E-state index in [4.69, 9.17) is 0 Å². The van der Waals surface area contributed by atoms with Crippen molar-refractivity contribution in [2.75, 3.05) is 18.4 Å². The summed E-state index contributed by atoms with van der Waals surface area (Å²) in [4.78, 5) is 19.3. The van der Waals surface area contributed by atoms with Crippen LogP contribution in [-0.4, -0.2) is 49.5 Å². The largest absolute Gasteiger partial charge is 0.321 e. The van der Waals surface area contributed by atoms with E-state index in [-0.39, 0.29) is 5.91 Å². The summed E-state index contributed by atoms with van der Waals surface area (Å²) in [6.07, 6.45) is 4.55. The Hall–Kier alpha value is -2.80. The van der Waals surface area contributed by atoms with Crippen molar-refractivity contribution in [1.82, 2.24) is 24.5 Å². The van der Waals surface area contributed by atoms with E-state index in [1.807, 2.05) is 35.7 Å². The van der Waals surface area contributed by atoms with E-state index < -0.39 is 0 Å². The maximum atomic E-state index is 12.6. The van der Waals surface area contributed by atoms with Crippen LogP contribution in [0.2, 0.25) is 0 Å². The highest BCUT2D eigenvalue weighted by atomic mass is 16.1. The Morgan fingerprint density at radius 1 is 1.22 bits per heavy atom. The Kier molecular flexibility index (Phi) is 4.61. The molecule has 1 aliphatic heterocycles. The Morgan fingerprint density at radius 3 is 2.78 bits per heavy atom. The number of rotatable bonds is 4. The van der Waals surface area contributed by atoms with Gasteiger partial charge in [-0.1, -0.05) is 0 Å². The second kappa shape index (κ2) is 7.08. The van der Waals surface area contributed by atoms with Crippen LogP contribution in [0.3, 0.4) is 0 Å². The summed E-state index contributed by atoms with van der Waals surface area (Å²) in [7, 11) is 0. The van der Waals surface area contributed by atoms with Crippen molar-refractivity contribution in [3.05, 3.63) is 53.7 Å². The van der Waals surface area contributed by atoms with Crippen LogP contribution in [-0.2, 0) is 0 Å². The third-order valence-electron chi connectivity index (χ3n) is 5.18. The Balaban J connectivity index is 1.58. The quantitative estimate of drug-likeness (QED) is 0.770. The Labute approximate surface area is 158 Å². The average Bonchev–Trinajstić information content (AvgIpc) is 3.29. The molecule has 4 rings (SSSR count). The number of aryl methyl sites for hydroxylation is 1. The molecule has 1 N–H and O–H groups in total. The van der Waals surface area contributed by atoms with Gasteiger partial charge in [0, 0.05) is 30.4 Å². The molecule has 0 aliphatic carbocycles. The standard InChI is InChI=1S/C20H24N6O/c1-13(2)25-9-8-15(11-25)19-24-23-18-7-5-16(12-26(18)19)20(27)22-17-6-4-14(3)21-10-17/h4-7,10,12-13,15H,8-9,11H2,1-3H3,(H,22,27). The predicted octanol–water partition coefficient (Wildman–Crippen LogP) is 2.88. The predicted molar refractivity (Wildman–Crippen MR) is 104 cm³/mol. The fourth-order valence-corrected chi connectivity index (χ4v) is 3.53. The molecule has 27 heavy (non-hydrogen) atoms. The summed E-state index contributed by atoms with van der Waals surface area (Å²) >= 11 is 0. The van der Waals surface area contributed by atoms with Crippen LogP contribution in [0.25, 0.3) is 5.65 Å². The van der Waals surface area contributed by atoms with E-state index in [1.165, 1.54) is 0 Å². The molecular weight excluding hydrogens is 340 g/mol. The molecule has 140 valence electrons. The van der Waals surface area contributed by atoms with Crippen LogP contribution >= 0.6 is 0 Å². The fraction of sp³-hybridized carbons (Fsp3) is 0.400. The summed E-state index contributed by atoms with van der Waals surface area (Å²) in [6.45, 7) is 8.39. The first kappa shape index (κ1) is 17.6. The lowest BCUT2D eigenvalue weighted by Crippen LogP contribution is -2.28. The van der Waals surface area contributed by atoms with Gasteiger partial charge in [-0.3, -0.25) is 14.2 Å². The molecule has 4 heterocycles. The van der Waals surface area contributed by atoms with Gasteiger partial charge in [0.15, 0.2) is 5.65 Å². The molecule has 0 bridgehead atoms. The number of carbonyl (C=O) groups excluding carboxylic acids is 1. The molecule has 3 aromatic heterocycles. The zero-order valence-corrected chi connectivity index (χ0v) is 15.9. The molecule has 3 aromatic rings. The Bertz CT molecular complexity index is 962. The number of carbonyl (C=O) groups is 1. The summed E-state index contributed by atoms with van der Waals surface area (Å²) in [6, 6.07) is 7.87. The van der Waals surface area contributed by atoms with E-state index in [1.54, 1.807) is 12.3 Å². The molecular formula is C20H24N6O. The SMILES string of the molecule is Cc1ccc(NC(=O)c2ccc3nnc(C4CCN(C(C)C)C4)n3c2)cn1. The van der Waals surface area contributed by atoms with Gasteiger partial charge in [0.2, 0.25) is 0 Å². The molecule has 1 saturated heterocycles. The highest BCUT2D eigenvalue weighted by molar-refractivity contribution is 6.04. The zero-order chi connectivity index (χ0) is 19.0. The smallest absolute Gasteiger partial charge is 0.257 e. The van der Waals surface area contributed by atoms with Gasteiger partial charge < -0.3 is 10.2 Å². The van der Waals surface area contributed by atoms with Gasteiger partial charge in [-0.15, -0.1) is 10.2 Å². The molecule has 1 unspecified atom stereocenters. The topological polar surface area (TPSA) is 75.4 Å². The van der Waals surface area contributed by atoms with Crippen LogP contribution in [0.5, 0.6) is 0 Å². The minimum atomic E-state index is -0.169. The minimum absolute atomic E-state index is 0.169. The van der Waals surface area contributed by atoms with Gasteiger partial charge in [0.1, 0.15) is 5.82 Å². The molecule has 1 atom stereocenters. The maximum absolute atomic E-state index is 12.6. The van der Waals surface area contributed by atoms with Crippen molar-refractivity contribution in [3.8, 4) is 0 Å². The molecule has 7 heteroatoms. The number of fused-ring (bicyclic) bond motifs is 1. The molecule has 1 amide bonds. The van der Waals surface area contributed by atoms with Gasteiger partial charge in [-0.2, -0.15) is 0 Å². The summed E-state index contributed by atoms with van der Waals surface area (Å²) in [5.74, 6) is 1.10. The van der Waals surface area contributed by atoms with Crippen LogP contribution < -0.4 is 5.32 Å². The second-order valence-corrected chi connectivity index (χ2v) is 7.42. The zero-order valence-electron chi connectivity index (χ0n) is 15.9. The summed E-state index contributed by atoms with van der Waals surface area (Å²) in [5.41, 5.74) is 2.93. The number of nitrogens with one attached hydrogen (secondary N) is 1. The fourth-order valence-electron chi connectivity index (χ4n) is 3.53. The van der Waals surface area contributed by atoms with E-state index in [2.05, 4.69) is 39.2 Å². The van der Waals surface area contributed by atoms with Gasteiger partial charge in [-0.05, 0) is 58.0 Å². The Morgan fingerprint density at radius 2 is 2.07 bits per heavy atom. The number of anilines is 1. The van der Waals surface area contributed by atoms with Crippen molar-refractivity contribution in [1.29, 1.82) is 0 Å². The first-order valence-corrected chi connectivity index (χ1v) is 9.34.